The topological polar surface area (TPSA) is 32.3 Å². The lowest BCUT2D eigenvalue weighted by Gasteiger charge is -2.24. The number of hydrogen-bond donors (Lipinski definition) is 1. The van der Waals surface area contributed by atoms with Crippen molar-refractivity contribution < 1.29 is 18.0 Å². The Kier molecular flexibility index (Phi) is 5.43. The van der Waals surface area contributed by atoms with Crippen molar-refractivity contribution in [3.05, 3.63) is 57.8 Å². The summed E-state index contributed by atoms with van der Waals surface area (Å²) in [5.74, 6) is -0.721. The van der Waals surface area contributed by atoms with Crippen molar-refractivity contribution in [2.24, 2.45) is 0 Å². The predicted octanol–water partition coefficient (Wildman–Crippen LogP) is 3.80. The molecule has 0 spiro atoms. The number of likely N-dealkylation sites (N-methyl/N-ethyl adjacent to an activating group) is 1. The molecule has 1 amide bonds. The Bertz CT molecular complexity index is 654. The van der Waals surface area contributed by atoms with Crippen LogP contribution in [0.15, 0.2) is 41.8 Å². The Balaban J connectivity index is 2.14. The molecule has 0 saturated carbocycles. The molecule has 124 valence electrons. The summed E-state index contributed by atoms with van der Waals surface area (Å²) in [5.41, 5.74) is -1.28. The van der Waals surface area contributed by atoms with E-state index in [2.05, 4.69) is 5.32 Å². The summed E-state index contributed by atoms with van der Waals surface area (Å²) < 4.78 is 38.9. The van der Waals surface area contributed by atoms with Crippen molar-refractivity contribution in [3.63, 3.8) is 0 Å². The summed E-state index contributed by atoms with van der Waals surface area (Å²) in [4.78, 5) is 15.1. The molecule has 1 N–H and O–H groups in total. The average molecular weight is 342 g/mol. The van der Waals surface area contributed by atoms with Crippen LogP contribution in [-0.4, -0.2) is 31.4 Å². The van der Waals surface area contributed by atoms with Gasteiger partial charge in [0, 0.05) is 11.4 Å². The molecular formula is C16H17F3N2OS. The number of nitrogens with one attached hydrogen (secondary N) is 1. The van der Waals surface area contributed by atoms with Crippen LogP contribution in [-0.2, 0) is 6.18 Å². The first-order valence-electron chi connectivity index (χ1n) is 6.95. The van der Waals surface area contributed by atoms with Crippen molar-refractivity contribution in [1.82, 2.24) is 10.2 Å². The number of nitrogens with zero attached hydrogens (tertiary/aromatic N) is 1. The normalized spacial score (nSPS) is 13.1. The first-order valence-corrected chi connectivity index (χ1v) is 7.83. The van der Waals surface area contributed by atoms with E-state index in [1.807, 2.05) is 36.5 Å². The zero-order valence-electron chi connectivity index (χ0n) is 12.7. The molecule has 0 unspecified atom stereocenters. The van der Waals surface area contributed by atoms with Gasteiger partial charge in [-0.3, -0.25) is 4.79 Å². The largest absolute Gasteiger partial charge is 0.417 e. The predicted molar refractivity (Wildman–Crippen MR) is 84.5 cm³/mol. The fraction of sp³-hybridized carbons (Fsp3) is 0.312. The molecule has 0 fully saturated rings. The van der Waals surface area contributed by atoms with Crippen LogP contribution in [0.4, 0.5) is 13.2 Å². The number of thiophene rings is 1. The van der Waals surface area contributed by atoms with Crippen LogP contribution in [0.2, 0.25) is 0 Å². The maximum atomic E-state index is 13.0. The highest BCUT2D eigenvalue weighted by molar-refractivity contribution is 7.10. The molecule has 0 aliphatic carbocycles. The number of amides is 1. The van der Waals surface area contributed by atoms with Gasteiger partial charge in [0.2, 0.25) is 0 Å². The van der Waals surface area contributed by atoms with E-state index < -0.39 is 17.6 Å². The zero-order chi connectivity index (χ0) is 17.0. The number of carbonyl (C=O) groups excluding carboxylic acids is 1. The van der Waals surface area contributed by atoms with Crippen LogP contribution in [0.1, 0.15) is 26.8 Å². The molecule has 2 aromatic rings. The molecule has 0 aliphatic rings. The Morgan fingerprint density at radius 1 is 1.22 bits per heavy atom. The molecule has 1 aromatic carbocycles. The van der Waals surface area contributed by atoms with Gasteiger partial charge >= 0.3 is 6.18 Å². The average Bonchev–Trinajstić information content (AvgIpc) is 3.00. The number of halogens is 3. The van der Waals surface area contributed by atoms with Crippen molar-refractivity contribution >= 4 is 17.2 Å². The molecule has 7 heteroatoms. The third kappa shape index (κ3) is 4.33. The molecule has 0 aliphatic heterocycles. The van der Waals surface area contributed by atoms with Crippen LogP contribution in [0.3, 0.4) is 0 Å². The van der Waals surface area contributed by atoms with Gasteiger partial charge in [0.1, 0.15) is 0 Å². The maximum absolute atomic E-state index is 13.0. The molecule has 1 aromatic heterocycles. The molecule has 23 heavy (non-hydrogen) atoms. The fourth-order valence-corrected chi connectivity index (χ4v) is 3.15. The SMILES string of the molecule is CN(C)[C@@H](CNC(=O)c1ccccc1C(F)(F)F)c1cccs1. The summed E-state index contributed by atoms with van der Waals surface area (Å²) in [6, 6.07) is 8.55. The lowest BCUT2D eigenvalue weighted by Crippen LogP contribution is -2.35. The number of hydrogen-bond acceptors (Lipinski definition) is 3. The van der Waals surface area contributed by atoms with E-state index >= 15 is 0 Å². The molecule has 0 radical (unpaired) electrons. The minimum absolute atomic E-state index is 0.0861. The fourth-order valence-electron chi connectivity index (χ4n) is 2.23. The van der Waals surface area contributed by atoms with Gasteiger partial charge in [-0.1, -0.05) is 18.2 Å². The molecular weight excluding hydrogens is 325 g/mol. The second-order valence-corrected chi connectivity index (χ2v) is 6.23. The van der Waals surface area contributed by atoms with E-state index in [-0.39, 0.29) is 18.2 Å². The second kappa shape index (κ2) is 7.14. The quantitative estimate of drug-likeness (QED) is 0.896. The summed E-state index contributed by atoms with van der Waals surface area (Å²) in [7, 11) is 3.72. The molecule has 1 atom stereocenters. The van der Waals surface area contributed by atoms with Gasteiger partial charge in [-0.2, -0.15) is 13.2 Å². The summed E-state index contributed by atoms with van der Waals surface area (Å²) in [5, 5.41) is 4.53. The first kappa shape index (κ1) is 17.5. The monoisotopic (exact) mass is 342 g/mol. The zero-order valence-corrected chi connectivity index (χ0v) is 13.5. The van der Waals surface area contributed by atoms with Gasteiger partial charge in [-0.05, 0) is 37.7 Å². The summed E-state index contributed by atoms with van der Waals surface area (Å²) in [6.45, 7) is 0.235. The first-order chi connectivity index (χ1) is 10.8. The maximum Gasteiger partial charge on any atom is 0.417 e. The van der Waals surface area contributed by atoms with E-state index in [0.717, 1.165) is 10.9 Å². The third-order valence-electron chi connectivity index (χ3n) is 3.43. The minimum Gasteiger partial charge on any atom is -0.350 e. The summed E-state index contributed by atoms with van der Waals surface area (Å²) in [6.07, 6.45) is -4.55. The van der Waals surface area contributed by atoms with Gasteiger partial charge in [0.05, 0.1) is 17.2 Å². The van der Waals surface area contributed by atoms with Crippen molar-refractivity contribution in [2.45, 2.75) is 12.2 Å². The van der Waals surface area contributed by atoms with Gasteiger partial charge in [-0.25, -0.2) is 0 Å². The van der Waals surface area contributed by atoms with Gasteiger partial charge < -0.3 is 10.2 Å². The van der Waals surface area contributed by atoms with Crippen LogP contribution in [0.5, 0.6) is 0 Å². The van der Waals surface area contributed by atoms with Crippen LogP contribution >= 0.6 is 11.3 Å². The smallest absolute Gasteiger partial charge is 0.350 e. The molecule has 0 saturated heterocycles. The van der Waals surface area contributed by atoms with E-state index in [1.165, 1.54) is 18.2 Å². The minimum atomic E-state index is -4.55. The number of alkyl halides is 3. The highest BCUT2D eigenvalue weighted by Gasteiger charge is 2.34. The molecule has 0 bridgehead atoms. The van der Waals surface area contributed by atoms with Crippen LogP contribution in [0, 0.1) is 0 Å². The molecule has 3 nitrogen and oxygen atoms in total. The summed E-state index contributed by atoms with van der Waals surface area (Å²) >= 11 is 1.54. The number of benzene rings is 1. The van der Waals surface area contributed by atoms with Crippen LogP contribution < -0.4 is 5.32 Å². The van der Waals surface area contributed by atoms with E-state index in [0.29, 0.717) is 0 Å². The highest BCUT2D eigenvalue weighted by Crippen LogP contribution is 2.32. The molecule has 2 rings (SSSR count). The van der Waals surface area contributed by atoms with Crippen molar-refractivity contribution in [2.75, 3.05) is 20.6 Å². The van der Waals surface area contributed by atoms with Gasteiger partial charge in [0.15, 0.2) is 0 Å². The Hall–Kier alpha value is -1.86. The Morgan fingerprint density at radius 2 is 1.91 bits per heavy atom. The van der Waals surface area contributed by atoms with E-state index in [4.69, 9.17) is 0 Å². The number of carbonyl (C=O) groups is 1. The van der Waals surface area contributed by atoms with E-state index in [1.54, 1.807) is 11.3 Å². The Morgan fingerprint density at radius 3 is 2.48 bits per heavy atom. The van der Waals surface area contributed by atoms with Crippen molar-refractivity contribution in [1.29, 1.82) is 0 Å². The standard InChI is InChI=1S/C16H17F3N2OS/c1-21(2)13(14-8-5-9-23-14)10-20-15(22)11-6-3-4-7-12(11)16(17,18)19/h3-9,13H,10H2,1-2H3,(H,20,22)/t13-/m0/s1. The molecule has 1 heterocycles. The Labute approximate surface area is 136 Å². The second-order valence-electron chi connectivity index (χ2n) is 5.25. The van der Waals surface area contributed by atoms with E-state index in [9.17, 15) is 18.0 Å². The van der Waals surface area contributed by atoms with Crippen LogP contribution in [0.25, 0.3) is 0 Å². The lowest BCUT2D eigenvalue weighted by atomic mass is 10.1. The number of rotatable bonds is 5. The highest BCUT2D eigenvalue weighted by atomic mass is 32.1. The van der Waals surface area contributed by atoms with Gasteiger partial charge in [-0.15, -0.1) is 11.3 Å². The third-order valence-corrected chi connectivity index (χ3v) is 4.40. The lowest BCUT2D eigenvalue weighted by molar-refractivity contribution is -0.137. The van der Waals surface area contributed by atoms with Crippen molar-refractivity contribution in [3.8, 4) is 0 Å². The van der Waals surface area contributed by atoms with Gasteiger partial charge in [0.25, 0.3) is 5.91 Å².